The molecule has 0 radical (unpaired) electrons. The molecule has 1 aromatic rings. The molecule has 0 aliphatic heterocycles. The first-order valence-corrected chi connectivity index (χ1v) is 5.21. The van der Waals surface area contributed by atoms with Gasteiger partial charge in [0.1, 0.15) is 0 Å². The highest BCUT2D eigenvalue weighted by atomic mass is 35.5. The molecule has 0 amide bonds. The SMILES string of the molecule is CCOC(=O)C(=Cc1ccc(Cl)cc1)[N+](=O)[O-]. The molecule has 0 aromatic heterocycles. The second kappa shape index (κ2) is 6.00. The maximum Gasteiger partial charge on any atom is 0.409 e. The maximum absolute atomic E-state index is 11.3. The minimum absolute atomic E-state index is 0.0879. The van der Waals surface area contributed by atoms with Gasteiger partial charge in [-0.2, -0.15) is 0 Å². The molecule has 5 nitrogen and oxygen atoms in total. The van der Waals surface area contributed by atoms with E-state index < -0.39 is 16.6 Å². The summed E-state index contributed by atoms with van der Waals surface area (Å²) in [4.78, 5) is 21.2. The Kier molecular flexibility index (Phi) is 4.66. The predicted molar refractivity (Wildman–Crippen MR) is 63.1 cm³/mol. The number of ether oxygens (including phenoxy) is 1. The number of carbonyl (C=O) groups excluding carboxylic acids is 1. The first kappa shape index (κ1) is 13.2. The number of nitro groups is 1. The maximum atomic E-state index is 11.3. The van der Waals surface area contributed by atoms with Gasteiger partial charge in [0, 0.05) is 11.1 Å². The zero-order valence-electron chi connectivity index (χ0n) is 9.05. The average Bonchev–Trinajstić information content (AvgIpc) is 2.28. The Hall–Kier alpha value is -1.88. The highest BCUT2D eigenvalue weighted by molar-refractivity contribution is 6.30. The summed E-state index contributed by atoms with van der Waals surface area (Å²) in [6.45, 7) is 1.67. The minimum Gasteiger partial charge on any atom is -0.458 e. The lowest BCUT2D eigenvalue weighted by Crippen LogP contribution is -2.14. The van der Waals surface area contributed by atoms with Crippen molar-refractivity contribution in [1.29, 1.82) is 0 Å². The third-order valence-corrected chi connectivity index (χ3v) is 2.11. The first-order chi connectivity index (χ1) is 8.04. The van der Waals surface area contributed by atoms with Crippen LogP contribution in [0.5, 0.6) is 0 Å². The molecular formula is C11H10ClNO4. The molecule has 0 N–H and O–H groups in total. The second-order valence-corrected chi connectivity index (χ2v) is 3.50. The summed E-state index contributed by atoms with van der Waals surface area (Å²) in [6, 6.07) is 6.31. The van der Waals surface area contributed by atoms with Gasteiger partial charge in [-0.1, -0.05) is 23.7 Å². The number of halogens is 1. The monoisotopic (exact) mass is 255 g/mol. The van der Waals surface area contributed by atoms with Crippen molar-refractivity contribution in [3.63, 3.8) is 0 Å². The molecule has 90 valence electrons. The summed E-state index contributed by atoms with van der Waals surface area (Å²) in [7, 11) is 0. The van der Waals surface area contributed by atoms with E-state index in [0.29, 0.717) is 10.6 Å². The normalized spacial score (nSPS) is 11.1. The third kappa shape index (κ3) is 3.88. The summed E-state index contributed by atoms with van der Waals surface area (Å²) in [5.74, 6) is -0.951. The first-order valence-electron chi connectivity index (χ1n) is 4.83. The minimum atomic E-state index is -0.951. The van der Waals surface area contributed by atoms with Crippen LogP contribution in [0.15, 0.2) is 30.0 Å². The zero-order valence-corrected chi connectivity index (χ0v) is 9.81. The Labute approximate surface area is 103 Å². The molecule has 17 heavy (non-hydrogen) atoms. The predicted octanol–water partition coefficient (Wildman–Crippen LogP) is 2.52. The van der Waals surface area contributed by atoms with Gasteiger partial charge >= 0.3 is 11.7 Å². The van der Waals surface area contributed by atoms with Gasteiger partial charge in [-0.05, 0) is 24.6 Å². The number of benzene rings is 1. The van der Waals surface area contributed by atoms with Gasteiger partial charge in [-0.25, -0.2) is 4.79 Å². The quantitative estimate of drug-likeness (QED) is 0.359. The van der Waals surface area contributed by atoms with Gasteiger partial charge in [0.2, 0.25) is 0 Å². The van der Waals surface area contributed by atoms with Crippen molar-refractivity contribution in [1.82, 2.24) is 0 Å². The fourth-order valence-electron chi connectivity index (χ4n) is 1.11. The summed E-state index contributed by atoms with van der Waals surface area (Å²) in [5.41, 5.74) is -0.0941. The van der Waals surface area contributed by atoms with E-state index in [1.54, 1.807) is 31.2 Å². The van der Waals surface area contributed by atoms with E-state index in [9.17, 15) is 14.9 Å². The lowest BCUT2D eigenvalue weighted by atomic mass is 10.2. The van der Waals surface area contributed by atoms with E-state index in [-0.39, 0.29) is 6.61 Å². The van der Waals surface area contributed by atoms with Gasteiger partial charge in [-0.3, -0.25) is 10.1 Å². The van der Waals surface area contributed by atoms with Crippen molar-refractivity contribution in [3.05, 3.63) is 50.7 Å². The second-order valence-electron chi connectivity index (χ2n) is 3.06. The van der Waals surface area contributed by atoms with Crippen LogP contribution in [0.2, 0.25) is 5.02 Å². The van der Waals surface area contributed by atoms with E-state index in [0.717, 1.165) is 6.08 Å². The number of carbonyl (C=O) groups is 1. The van der Waals surface area contributed by atoms with Gasteiger partial charge in [-0.15, -0.1) is 0 Å². The van der Waals surface area contributed by atoms with Crippen LogP contribution in [0.3, 0.4) is 0 Å². The van der Waals surface area contributed by atoms with Crippen molar-refractivity contribution in [3.8, 4) is 0 Å². The van der Waals surface area contributed by atoms with Crippen LogP contribution < -0.4 is 0 Å². The van der Waals surface area contributed by atoms with Gasteiger partial charge in [0.25, 0.3) is 0 Å². The van der Waals surface area contributed by atoms with Crippen LogP contribution in [-0.2, 0) is 9.53 Å². The smallest absolute Gasteiger partial charge is 0.409 e. The van der Waals surface area contributed by atoms with Crippen molar-refractivity contribution in [2.75, 3.05) is 6.61 Å². The number of rotatable bonds is 4. The van der Waals surface area contributed by atoms with Crippen molar-refractivity contribution in [2.45, 2.75) is 6.92 Å². The summed E-state index contributed by atoms with van der Waals surface area (Å²) >= 11 is 5.68. The van der Waals surface area contributed by atoms with Crippen molar-refractivity contribution in [2.24, 2.45) is 0 Å². The molecular weight excluding hydrogens is 246 g/mol. The van der Waals surface area contributed by atoms with Gasteiger partial charge in [0.05, 0.1) is 11.5 Å². The number of hydrogen-bond acceptors (Lipinski definition) is 4. The van der Waals surface area contributed by atoms with Crippen LogP contribution >= 0.6 is 11.6 Å². The van der Waals surface area contributed by atoms with E-state index in [4.69, 9.17) is 11.6 Å². The summed E-state index contributed by atoms with van der Waals surface area (Å²) in [5, 5.41) is 11.2. The van der Waals surface area contributed by atoms with E-state index >= 15 is 0 Å². The van der Waals surface area contributed by atoms with E-state index in [2.05, 4.69) is 4.74 Å². The lowest BCUT2D eigenvalue weighted by molar-refractivity contribution is -0.419. The Morgan fingerprint density at radius 2 is 2.06 bits per heavy atom. The molecule has 0 fully saturated rings. The van der Waals surface area contributed by atoms with Crippen LogP contribution in [0.25, 0.3) is 6.08 Å². The number of esters is 1. The molecule has 0 bridgehead atoms. The Balaban J connectivity index is 3.02. The van der Waals surface area contributed by atoms with Crippen LogP contribution in [0.4, 0.5) is 0 Å². The molecule has 0 heterocycles. The van der Waals surface area contributed by atoms with Gasteiger partial charge < -0.3 is 4.74 Å². The third-order valence-electron chi connectivity index (χ3n) is 1.85. The standard InChI is InChI=1S/C11H10ClNO4/c1-2-17-11(14)10(13(15)16)7-8-3-5-9(12)6-4-8/h3-7H,2H2,1H3. The highest BCUT2D eigenvalue weighted by Crippen LogP contribution is 2.13. The molecule has 1 aromatic carbocycles. The molecule has 0 spiro atoms. The molecule has 1 rings (SSSR count). The molecule has 0 saturated carbocycles. The molecule has 0 saturated heterocycles. The Bertz CT molecular complexity index is 453. The van der Waals surface area contributed by atoms with Crippen LogP contribution in [0.1, 0.15) is 12.5 Å². The van der Waals surface area contributed by atoms with Crippen molar-refractivity contribution < 1.29 is 14.5 Å². The zero-order chi connectivity index (χ0) is 12.8. The number of nitrogens with zero attached hydrogens (tertiary/aromatic N) is 1. The molecule has 0 aliphatic carbocycles. The summed E-state index contributed by atoms with van der Waals surface area (Å²) < 4.78 is 4.59. The molecule has 0 unspecified atom stereocenters. The van der Waals surface area contributed by atoms with Gasteiger partial charge in [0.15, 0.2) is 0 Å². The van der Waals surface area contributed by atoms with E-state index in [1.165, 1.54) is 0 Å². The molecule has 0 atom stereocenters. The molecule has 0 aliphatic rings. The van der Waals surface area contributed by atoms with Crippen LogP contribution in [-0.4, -0.2) is 17.5 Å². The molecule has 6 heteroatoms. The topological polar surface area (TPSA) is 69.4 Å². The lowest BCUT2D eigenvalue weighted by Gasteiger charge is -1.99. The van der Waals surface area contributed by atoms with Crippen LogP contribution in [0, 0.1) is 10.1 Å². The average molecular weight is 256 g/mol. The highest BCUT2D eigenvalue weighted by Gasteiger charge is 2.22. The van der Waals surface area contributed by atoms with Crippen molar-refractivity contribution >= 4 is 23.6 Å². The largest absolute Gasteiger partial charge is 0.458 e. The summed E-state index contributed by atoms with van der Waals surface area (Å²) in [6.07, 6.45) is 1.15. The Morgan fingerprint density at radius 1 is 1.47 bits per heavy atom. The van der Waals surface area contributed by atoms with E-state index in [1.807, 2.05) is 0 Å². The fraction of sp³-hybridized carbons (Fsp3) is 0.182. The number of hydrogen-bond donors (Lipinski definition) is 0. The Morgan fingerprint density at radius 3 is 2.53 bits per heavy atom. The fourth-order valence-corrected chi connectivity index (χ4v) is 1.23.